The largest absolute Gasteiger partial charge is 0.867 e. The van der Waals surface area contributed by atoms with E-state index in [0.29, 0.717) is 0 Å². The fourth-order valence-corrected chi connectivity index (χ4v) is 1.90. The van der Waals surface area contributed by atoms with Crippen molar-refractivity contribution in [1.29, 1.82) is 0 Å². The third-order valence-electron chi connectivity index (χ3n) is 1.68. The molecule has 0 aliphatic carbocycles. The Morgan fingerprint density at radius 2 is 2.27 bits per heavy atom. The number of rotatable bonds is 0. The Morgan fingerprint density at radius 3 is 3.00 bits per heavy atom. The van der Waals surface area contributed by atoms with Crippen LogP contribution in [0.1, 0.15) is 5.69 Å². The second-order valence-electron chi connectivity index (χ2n) is 2.42. The zero-order valence-corrected chi connectivity index (χ0v) is 6.89. The minimum Gasteiger partial charge on any atom is -0.867 e. The molecule has 2 aromatic rings. The lowest BCUT2D eigenvalue weighted by Crippen LogP contribution is -2.22. The Morgan fingerprint density at radius 1 is 1.45 bits per heavy atom. The first-order chi connectivity index (χ1) is 5.29. The van der Waals surface area contributed by atoms with Gasteiger partial charge in [-0.05, 0) is 5.75 Å². The van der Waals surface area contributed by atoms with Crippen LogP contribution in [0.4, 0.5) is 0 Å². The number of thiazole rings is 1. The Balaban J connectivity index is 2.96. The van der Waals surface area contributed by atoms with E-state index in [1.165, 1.54) is 11.3 Å². The number of aromatic nitrogens is 1. The zero-order valence-electron chi connectivity index (χ0n) is 6.07. The van der Waals surface area contributed by atoms with Crippen molar-refractivity contribution in [2.24, 2.45) is 0 Å². The molecule has 56 valence electrons. The molecule has 2 nitrogen and oxygen atoms in total. The van der Waals surface area contributed by atoms with Gasteiger partial charge in [-0.3, -0.25) is 0 Å². The molecular formula is C8H7NOS. The predicted molar refractivity (Wildman–Crippen MR) is 41.7 cm³/mol. The van der Waals surface area contributed by atoms with Crippen LogP contribution in [-0.4, -0.2) is 0 Å². The molecular weight excluding hydrogens is 158 g/mol. The molecule has 0 N–H and O–H groups in total. The van der Waals surface area contributed by atoms with E-state index in [1.807, 2.05) is 29.0 Å². The van der Waals surface area contributed by atoms with Crippen molar-refractivity contribution >= 4 is 16.2 Å². The van der Waals surface area contributed by atoms with Crippen LogP contribution in [-0.2, 0) is 0 Å². The van der Waals surface area contributed by atoms with E-state index in [0.717, 1.165) is 10.5 Å². The molecule has 0 amide bonds. The maximum atomic E-state index is 11.2. The summed E-state index contributed by atoms with van der Waals surface area (Å²) in [5.74, 6) is 0.102. The average molecular weight is 165 g/mol. The lowest BCUT2D eigenvalue weighted by molar-refractivity contribution is -0.519. The molecule has 0 fully saturated rings. The summed E-state index contributed by atoms with van der Waals surface area (Å²) in [6.45, 7) is 1.99. The Labute approximate surface area is 68.4 Å². The summed E-state index contributed by atoms with van der Waals surface area (Å²) in [6.07, 6.45) is 1.91. The second kappa shape index (κ2) is 2.20. The first-order valence-corrected chi connectivity index (χ1v) is 4.22. The van der Waals surface area contributed by atoms with Crippen LogP contribution < -0.4 is 9.51 Å². The van der Waals surface area contributed by atoms with Gasteiger partial charge in [0.25, 0.3) is 4.83 Å². The van der Waals surface area contributed by atoms with E-state index in [9.17, 15) is 5.11 Å². The summed E-state index contributed by atoms with van der Waals surface area (Å²) in [6, 6.07) is 3.45. The topological polar surface area (TPSA) is 27.2 Å². The van der Waals surface area contributed by atoms with Crippen molar-refractivity contribution in [1.82, 2.24) is 0 Å². The number of hydrogen-bond donors (Lipinski definition) is 0. The number of hydrogen-bond acceptors (Lipinski definition) is 2. The van der Waals surface area contributed by atoms with Crippen molar-refractivity contribution in [2.45, 2.75) is 6.92 Å². The number of pyridine rings is 1. The molecule has 0 aliphatic heterocycles. The second-order valence-corrected chi connectivity index (χ2v) is 3.31. The standard InChI is InChI=1S/C8H7NOS/c1-6-2-3-7(10)8-9(6)4-5-11-8/h2-5H,1H3. The van der Waals surface area contributed by atoms with Crippen LogP contribution in [0, 0.1) is 6.92 Å². The fourth-order valence-electron chi connectivity index (χ4n) is 1.08. The molecule has 0 saturated carbocycles. The van der Waals surface area contributed by atoms with Gasteiger partial charge < -0.3 is 5.11 Å². The maximum Gasteiger partial charge on any atom is 0.259 e. The lowest BCUT2D eigenvalue weighted by atomic mass is 10.3. The van der Waals surface area contributed by atoms with Crippen molar-refractivity contribution in [3.05, 3.63) is 29.4 Å². The van der Waals surface area contributed by atoms with Crippen molar-refractivity contribution in [2.75, 3.05) is 0 Å². The summed E-state index contributed by atoms with van der Waals surface area (Å²) in [4.78, 5) is 0.796. The predicted octanol–water partition coefficient (Wildman–Crippen LogP) is 0.869. The first kappa shape index (κ1) is 6.61. The lowest BCUT2D eigenvalue weighted by Gasteiger charge is -2.00. The maximum absolute atomic E-state index is 11.2. The molecule has 0 unspecified atom stereocenters. The van der Waals surface area contributed by atoms with E-state index in [1.54, 1.807) is 6.07 Å². The third-order valence-corrected chi connectivity index (χ3v) is 2.55. The van der Waals surface area contributed by atoms with Gasteiger partial charge in [-0.2, -0.15) is 4.40 Å². The summed E-state index contributed by atoms with van der Waals surface area (Å²) < 4.78 is 1.91. The molecule has 0 aromatic carbocycles. The van der Waals surface area contributed by atoms with Gasteiger partial charge in [-0.25, -0.2) is 0 Å². The first-order valence-electron chi connectivity index (χ1n) is 3.34. The van der Waals surface area contributed by atoms with Crippen molar-refractivity contribution in [3.8, 4) is 5.75 Å². The van der Waals surface area contributed by atoms with Gasteiger partial charge in [0.15, 0.2) is 11.9 Å². The van der Waals surface area contributed by atoms with Gasteiger partial charge in [0, 0.05) is 13.0 Å². The minimum atomic E-state index is 0.102. The van der Waals surface area contributed by atoms with Gasteiger partial charge in [-0.15, -0.1) is 0 Å². The molecule has 2 heterocycles. The van der Waals surface area contributed by atoms with Crippen LogP contribution in [0.2, 0.25) is 0 Å². The minimum absolute atomic E-state index is 0.102. The van der Waals surface area contributed by atoms with Crippen molar-refractivity contribution < 1.29 is 9.51 Å². The van der Waals surface area contributed by atoms with Crippen molar-refractivity contribution in [3.63, 3.8) is 0 Å². The van der Waals surface area contributed by atoms with Gasteiger partial charge in [0.05, 0.1) is 5.38 Å². The number of aryl methyl sites for hydroxylation is 1. The van der Waals surface area contributed by atoms with Gasteiger partial charge in [0.1, 0.15) is 0 Å². The zero-order chi connectivity index (χ0) is 7.84. The average Bonchev–Trinajstić information content (AvgIpc) is 2.45. The molecule has 0 radical (unpaired) electrons. The Kier molecular flexibility index (Phi) is 1.32. The van der Waals surface area contributed by atoms with E-state index >= 15 is 0 Å². The van der Waals surface area contributed by atoms with Gasteiger partial charge >= 0.3 is 0 Å². The summed E-state index contributed by atoms with van der Waals surface area (Å²) in [5, 5.41) is 13.1. The third kappa shape index (κ3) is 0.886. The molecule has 11 heavy (non-hydrogen) atoms. The monoisotopic (exact) mass is 165 g/mol. The molecule has 0 atom stereocenters. The van der Waals surface area contributed by atoms with Crippen LogP contribution in [0.15, 0.2) is 23.7 Å². The molecule has 2 rings (SSSR count). The fraction of sp³-hybridized carbons (Fsp3) is 0.125. The van der Waals surface area contributed by atoms with Crippen LogP contribution in [0.25, 0.3) is 4.83 Å². The molecule has 0 spiro atoms. The number of fused-ring (bicyclic) bond motifs is 1. The Hall–Kier alpha value is -1.09. The molecule has 0 saturated heterocycles. The van der Waals surface area contributed by atoms with Crippen LogP contribution in [0.5, 0.6) is 5.75 Å². The highest BCUT2D eigenvalue weighted by Crippen LogP contribution is 2.15. The van der Waals surface area contributed by atoms with Gasteiger partial charge in [-0.1, -0.05) is 17.4 Å². The molecule has 2 aromatic heterocycles. The molecule has 0 aliphatic rings. The normalized spacial score (nSPS) is 10.6. The SMILES string of the molecule is Cc1ccc([O-])c2scc[n+]12. The number of nitrogens with zero attached hydrogens (tertiary/aromatic N) is 1. The van der Waals surface area contributed by atoms with E-state index in [2.05, 4.69) is 0 Å². The highest BCUT2D eigenvalue weighted by Gasteiger charge is 2.06. The van der Waals surface area contributed by atoms with E-state index in [-0.39, 0.29) is 5.75 Å². The molecule has 3 heteroatoms. The van der Waals surface area contributed by atoms with Crippen LogP contribution >= 0.6 is 11.3 Å². The molecule has 0 bridgehead atoms. The Bertz CT molecular complexity index is 358. The van der Waals surface area contributed by atoms with E-state index in [4.69, 9.17) is 0 Å². The van der Waals surface area contributed by atoms with Gasteiger partial charge in [0.2, 0.25) is 0 Å². The summed E-state index contributed by atoms with van der Waals surface area (Å²) in [5.41, 5.74) is 1.10. The highest BCUT2D eigenvalue weighted by atomic mass is 32.1. The summed E-state index contributed by atoms with van der Waals surface area (Å²) >= 11 is 1.48. The highest BCUT2D eigenvalue weighted by molar-refractivity contribution is 7.15. The quantitative estimate of drug-likeness (QED) is 0.532. The van der Waals surface area contributed by atoms with E-state index < -0.39 is 0 Å². The summed E-state index contributed by atoms with van der Waals surface area (Å²) in [7, 11) is 0. The smallest absolute Gasteiger partial charge is 0.259 e. The van der Waals surface area contributed by atoms with Crippen LogP contribution in [0.3, 0.4) is 0 Å².